The van der Waals surface area contributed by atoms with Crippen LogP contribution in [0.2, 0.25) is 0 Å². The molecule has 0 atom stereocenters. The van der Waals surface area contributed by atoms with Crippen LogP contribution < -0.4 is 15.0 Å². The predicted molar refractivity (Wildman–Crippen MR) is 124 cm³/mol. The van der Waals surface area contributed by atoms with Gasteiger partial charge in [0.1, 0.15) is 6.10 Å². The number of hydrogen-bond donors (Lipinski definition) is 1. The summed E-state index contributed by atoms with van der Waals surface area (Å²) in [6.07, 6.45) is 6.27. The zero-order valence-corrected chi connectivity index (χ0v) is 19.3. The van der Waals surface area contributed by atoms with Gasteiger partial charge < -0.3 is 19.4 Å². The van der Waals surface area contributed by atoms with E-state index < -0.39 is 0 Å². The molecule has 8 heteroatoms. The number of furan rings is 1. The Bertz CT molecular complexity index is 1110. The number of rotatable bonds is 7. The summed E-state index contributed by atoms with van der Waals surface area (Å²) in [6, 6.07) is 13.9. The maximum atomic E-state index is 13.0. The largest absolute Gasteiger partial charge is 0.474 e. The number of carbonyl (C=O) groups is 2. The average Bonchev–Trinajstić information content (AvgIpc) is 3.49. The summed E-state index contributed by atoms with van der Waals surface area (Å²) >= 11 is 3.20. The second-order valence-electron chi connectivity index (χ2n) is 7.66. The predicted octanol–water partition coefficient (Wildman–Crippen LogP) is 4.97. The van der Waals surface area contributed by atoms with Crippen molar-refractivity contribution in [1.29, 1.82) is 0 Å². The Hall–Kier alpha value is -3.13. The molecule has 0 aliphatic heterocycles. The minimum Gasteiger partial charge on any atom is -0.474 e. The summed E-state index contributed by atoms with van der Waals surface area (Å²) in [7, 11) is 1.61. The molecule has 32 heavy (non-hydrogen) atoms. The molecular weight excluding hydrogens is 474 g/mol. The second-order valence-corrected chi connectivity index (χ2v) is 8.44. The van der Waals surface area contributed by atoms with Gasteiger partial charge in [0, 0.05) is 25.4 Å². The lowest BCUT2D eigenvalue weighted by molar-refractivity contribution is 0.0950. The lowest BCUT2D eigenvalue weighted by Crippen LogP contribution is -2.30. The van der Waals surface area contributed by atoms with Gasteiger partial charge >= 0.3 is 0 Å². The molecule has 0 bridgehead atoms. The number of nitrogens with one attached hydrogen (secondary N) is 1. The number of nitrogens with zero attached hydrogens (tertiary/aromatic N) is 2. The molecule has 1 fully saturated rings. The number of anilines is 1. The number of carbonyl (C=O) groups excluding carboxylic acids is 2. The Balaban J connectivity index is 1.47. The highest BCUT2D eigenvalue weighted by Crippen LogP contribution is 2.26. The zero-order chi connectivity index (χ0) is 22.5. The molecule has 1 aliphatic carbocycles. The van der Waals surface area contributed by atoms with Gasteiger partial charge in [-0.25, -0.2) is 4.98 Å². The van der Waals surface area contributed by atoms with Gasteiger partial charge in [-0.2, -0.15) is 0 Å². The van der Waals surface area contributed by atoms with Crippen molar-refractivity contribution in [2.45, 2.75) is 38.3 Å². The van der Waals surface area contributed by atoms with E-state index in [4.69, 9.17) is 9.15 Å². The van der Waals surface area contributed by atoms with Crippen molar-refractivity contribution in [3.8, 4) is 5.88 Å². The van der Waals surface area contributed by atoms with Crippen molar-refractivity contribution in [3.05, 3.63) is 76.3 Å². The van der Waals surface area contributed by atoms with Crippen molar-refractivity contribution < 1.29 is 18.7 Å². The first-order valence-corrected chi connectivity index (χ1v) is 11.3. The van der Waals surface area contributed by atoms with Gasteiger partial charge in [0.05, 0.1) is 11.3 Å². The second kappa shape index (κ2) is 9.99. The number of halogens is 1. The van der Waals surface area contributed by atoms with Gasteiger partial charge in [-0.15, -0.1) is 0 Å². The maximum Gasteiger partial charge on any atom is 0.293 e. The number of aromatic nitrogens is 1. The van der Waals surface area contributed by atoms with Gasteiger partial charge in [-0.3, -0.25) is 9.59 Å². The van der Waals surface area contributed by atoms with Crippen molar-refractivity contribution in [1.82, 2.24) is 10.3 Å². The van der Waals surface area contributed by atoms with Gasteiger partial charge in [0.25, 0.3) is 11.8 Å². The average molecular weight is 498 g/mol. The summed E-state index contributed by atoms with van der Waals surface area (Å²) in [5.41, 5.74) is 1.68. The molecule has 3 aromatic rings. The Labute approximate surface area is 194 Å². The van der Waals surface area contributed by atoms with E-state index in [0.717, 1.165) is 18.4 Å². The molecule has 0 spiro atoms. The molecule has 7 nitrogen and oxygen atoms in total. The third-order valence-electron chi connectivity index (χ3n) is 5.47. The third-order valence-corrected chi connectivity index (χ3v) is 5.89. The van der Waals surface area contributed by atoms with E-state index in [2.05, 4.69) is 26.2 Å². The number of ether oxygens (including phenoxy) is 1. The van der Waals surface area contributed by atoms with Crippen molar-refractivity contribution >= 4 is 33.4 Å². The van der Waals surface area contributed by atoms with Crippen molar-refractivity contribution in [3.63, 3.8) is 0 Å². The molecule has 166 valence electrons. The van der Waals surface area contributed by atoms with E-state index in [1.165, 1.54) is 17.7 Å². The summed E-state index contributed by atoms with van der Waals surface area (Å²) in [5.74, 6) is 0.0920. The maximum absolute atomic E-state index is 13.0. The fourth-order valence-electron chi connectivity index (χ4n) is 3.76. The minimum absolute atomic E-state index is 0.179. The zero-order valence-electron chi connectivity index (χ0n) is 17.7. The summed E-state index contributed by atoms with van der Waals surface area (Å²) < 4.78 is 11.9. The smallest absolute Gasteiger partial charge is 0.293 e. The molecule has 0 saturated heterocycles. The minimum atomic E-state index is -0.351. The van der Waals surface area contributed by atoms with Crippen LogP contribution in [0.15, 0.2) is 63.8 Å². The van der Waals surface area contributed by atoms with Crippen LogP contribution in [0.3, 0.4) is 0 Å². The summed E-state index contributed by atoms with van der Waals surface area (Å²) in [6.45, 7) is 0.270. The Morgan fingerprint density at radius 3 is 2.69 bits per heavy atom. The van der Waals surface area contributed by atoms with Crippen LogP contribution in [0.4, 0.5) is 5.69 Å². The summed E-state index contributed by atoms with van der Waals surface area (Å²) in [4.78, 5) is 31.6. The quantitative estimate of drug-likeness (QED) is 0.498. The van der Waals surface area contributed by atoms with Gasteiger partial charge in [0.15, 0.2) is 10.4 Å². The molecule has 2 aromatic heterocycles. The van der Waals surface area contributed by atoms with Crippen LogP contribution in [-0.2, 0) is 6.54 Å². The number of benzene rings is 1. The molecule has 2 amide bonds. The van der Waals surface area contributed by atoms with Gasteiger partial charge in [-0.1, -0.05) is 18.2 Å². The molecule has 1 aromatic carbocycles. The summed E-state index contributed by atoms with van der Waals surface area (Å²) in [5, 5.41) is 2.93. The van der Waals surface area contributed by atoms with Crippen molar-refractivity contribution in [2.75, 3.05) is 11.9 Å². The molecular formula is C24H24BrN3O4. The van der Waals surface area contributed by atoms with E-state index in [9.17, 15) is 9.59 Å². The van der Waals surface area contributed by atoms with E-state index in [-0.39, 0.29) is 30.2 Å². The van der Waals surface area contributed by atoms with Crippen LogP contribution in [0.1, 0.15) is 52.2 Å². The molecule has 1 N–H and O–H groups in total. The number of pyridine rings is 1. The molecule has 1 aliphatic rings. The van der Waals surface area contributed by atoms with Crippen LogP contribution in [0.25, 0.3) is 0 Å². The van der Waals surface area contributed by atoms with Crippen LogP contribution in [0, 0.1) is 0 Å². The molecule has 0 unspecified atom stereocenters. The van der Waals surface area contributed by atoms with E-state index in [1.54, 1.807) is 49.6 Å². The van der Waals surface area contributed by atoms with E-state index >= 15 is 0 Å². The highest BCUT2D eigenvalue weighted by Gasteiger charge is 2.22. The lowest BCUT2D eigenvalue weighted by atomic mass is 10.1. The lowest BCUT2D eigenvalue weighted by Gasteiger charge is -2.20. The molecule has 0 radical (unpaired) electrons. The number of amides is 2. The standard InChI is InChI=1S/C24H24BrN3O4/c1-28(24(30)20-12-13-21(25)32-20)19-11-5-4-10-18(19)22(29)27-15-16-7-6-14-26-23(16)31-17-8-2-3-9-17/h4-7,10-14,17H,2-3,8-9,15H2,1H3,(H,27,29). The van der Waals surface area contributed by atoms with E-state index in [0.29, 0.717) is 21.8 Å². The molecule has 4 rings (SSSR count). The Morgan fingerprint density at radius 1 is 1.16 bits per heavy atom. The Morgan fingerprint density at radius 2 is 1.94 bits per heavy atom. The highest BCUT2D eigenvalue weighted by molar-refractivity contribution is 9.10. The first kappa shape index (κ1) is 22.1. The first-order chi connectivity index (χ1) is 15.5. The van der Waals surface area contributed by atoms with Crippen LogP contribution in [-0.4, -0.2) is 29.9 Å². The van der Waals surface area contributed by atoms with Crippen LogP contribution in [0.5, 0.6) is 5.88 Å². The normalized spacial score (nSPS) is 13.7. The Kier molecular flexibility index (Phi) is 6.90. The topological polar surface area (TPSA) is 84.7 Å². The van der Waals surface area contributed by atoms with Gasteiger partial charge in [-0.05, 0) is 71.9 Å². The van der Waals surface area contributed by atoms with Crippen molar-refractivity contribution in [2.24, 2.45) is 0 Å². The first-order valence-electron chi connectivity index (χ1n) is 10.5. The number of hydrogen-bond acceptors (Lipinski definition) is 5. The highest BCUT2D eigenvalue weighted by atomic mass is 79.9. The SMILES string of the molecule is CN(C(=O)c1ccc(Br)o1)c1ccccc1C(=O)NCc1cccnc1OC1CCCC1. The molecule has 2 heterocycles. The molecule has 1 saturated carbocycles. The fraction of sp³-hybridized carbons (Fsp3) is 0.292. The monoisotopic (exact) mass is 497 g/mol. The van der Waals surface area contributed by atoms with Crippen LogP contribution >= 0.6 is 15.9 Å². The fourth-order valence-corrected chi connectivity index (χ4v) is 4.07. The van der Waals surface area contributed by atoms with Gasteiger partial charge in [0.2, 0.25) is 5.88 Å². The third kappa shape index (κ3) is 5.02. The number of para-hydroxylation sites is 1. The van der Waals surface area contributed by atoms with E-state index in [1.807, 2.05) is 12.1 Å².